The molecule has 0 saturated heterocycles. The predicted molar refractivity (Wildman–Crippen MR) is 66.2 cm³/mol. The third-order valence-corrected chi connectivity index (χ3v) is 3.71. The van der Waals surface area contributed by atoms with Gasteiger partial charge in [0, 0.05) is 31.0 Å². The molecule has 3 unspecified atom stereocenters. The fraction of sp³-hybridized carbons (Fsp3) is 0.769. The van der Waals surface area contributed by atoms with E-state index >= 15 is 0 Å². The van der Waals surface area contributed by atoms with E-state index in [1.807, 2.05) is 23.1 Å². The first-order valence-electron chi connectivity index (χ1n) is 6.49. The number of hydrogen-bond donors (Lipinski definition) is 1. The summed E-state index contributed by atoms with van der Waals surface area (Å²) < 4.78 is 2.01. The number of rotatable bonds is 5. The maximum atomic E-state index is 4.22. The van der Waals surface area contributed by atoms with Crippen molar-refractivity contribution in [1.82, 2.24) is 15.1 Å². The molecule has 0 aliphatic heterocycles. The lowest BCUT2D eigenvalue weighted by atomic mass is 10.1. The highest BCUT2D eigenvalue weighted by atomic mass is 15.3. The molecule has 1 aliphatic carbocycles. The third-order valence-electron chi connectivity index (χ3n) is 3.71. The van der Waals surface area contributed by atoms with Crippen LogP contribution < -0.4 is 5.32 Å². The van der Waals surface area contributed by atoms with Gasteiger partial charge >= 0.3 is 0 Å². The first-order valence-corrected chi connectivity index (χ1v) is 6.49. The zero-order chi connectivity index (χ0) is 11.4. The molecular formula is C13H23N3. The SMILES string of the molecule is CC(CCn1cccn1)NC1CCCC1C. The molecule has 1 heterocycles. The Morgan fingerprint density at radius 3 is 3.00 bits per heavy atom. The molecule has 1 aromatic rings. The summed E-state index contributed by atoms with van der Waals surface area (Å²) in [6.07, 6.45) is 9.18. The molecule has 1 saturated carbocycles. The van der Waals surface area contributed by atoms with Crippen LogP contribution in [0.2, 0.25) is 0 Å². The second-order valence-electron chi connectivity index (χ2n) is 5.14. The standard InChI is InChI=1S/C13H23N3/c1-11-5-3-6-13(11)15-12(2)7-10-16-9-4-8-14-16/h4,8-9,11-13,15H,3,5-7,10H2,1-2H3. The molecule has 0 amide bonds. The highest BCUT2D eigenvalue weighted by Gasteiger charge is 2.23. The molecule has 3 heteroatoms. The van der Waals surface area contributed by atoms with Gasteiger partial charge in [-0.1, -0.05) is 13.3 Å². The Morgan fingerprint density at radius 2 is 2.38 bits per heavy atom. The van der Waals surface area contributed by atoms with Gasteiger partial charge in [0.2, 0.25) is 0 Å². The minimum atomic E-state index is 0.592. The zero-order valence-electron chi connectivity index (χ0n) is 10.4. The van der Waals surface area contributed by atoms with E-state index in [1.165, 1.54) is 19.3 Å². The molecule has 0 radical (unpaired) electrons. The Morgan fingerprint density at radius 1 is 1.50 bits per heavy atom. The first kappa shape index (κ1) is 11.6. The van der Waals surface area contributed by atoms with Gasteiger partial charge in [0.15, 0.2) is 0 Å². The number of nitrogens with one attached hydrogen (secondary N) is 1. The lowest BCUT2D eigenvalue weighted by Gasteiger charge is -2.22. The Balaban J connectivity index is 1.70. The number of aryl methyl sites for hydroxylation is 1. The van der Waals surface area contributed by atoms with E-state index in [-0.39, 0.29) is 0 Å². The van der Waals surface area contributed by atoms with Crippen molar-refractivity contribution in [3.8, 4) is 0 Å². The number of aromatic nitrogens is 2. The van der Waals surface area contributed by atoms with Gasteiger partial charge in [0.05, 0.1) is 0 Å². The van der Waals surface area contributed by atoms with Crippen LogP contribution in [-0.2, 0) is 6.54 Å². The van der Waals surface area contributed by atoms with Crippen molar-refractivity contribution < 1.29 is 0 Å². The van der Waals surface area contributed by atoms with Crippen LogP contribution in [0.5, 0.6) is 0 Å². The Hall–Kier alpha value is -0.830. The van der Waals surface area contributed by atoms with Crippen LogP contribution in [0.25, 0.3) is 0 Å². The third kappa shape index (κ3) is 3.08. The summed E-state index contributed by atoms with van der Waals surface area (Å²) in [7, 11) is 0. The molecule has 1 aromatic heterocycles. The highest BCUT2D eigenvalue weighted by Crippen LogP contribution is 2.25. The topological polar surface area (TPSA) is 29.9 Å². The van der Waals surface area contributed by atoms with Gasteiger partial charge in [-0.2, -0.15) is 5.10 Å². The van der Waals surface area contributed by atoms with Crippen molar-refractivity contribution >= 4 is 0 Å². The van der Waals surface area contributed by atoms with E-state index in [9.17, 15) is 0 Å². The summed E-state index contributed by atoms with van der Waals surface area (Å²) in [5.74, 6) is 0.854. The van der Waals surface area contributed by atoms with E-state index in [1.54, 1.807) is 0 Å². The van der Waals surface area contributed by atoms with Crippen LogP contribution in [0.1, 0.15) is 39.5 Å². The lowest BCUT2D eigenvalue weighted by molar-refractivity contribution is 0.358. The monoisotopic (exact) mass is 221 g/mol. The van der Waals surface area contributed by atoms with Crippen molar-refractivity contribution in [2.24, 2.45) is 5.92 Å². The van der Waals surface area contributed by atoms with Gasteiger partial charge in [-0.15, -0.1) is 0 Å². The fourth-order valence-corrected chi connectivity index (χ4v) is 2.60. The predicted octanol–water partition coefficient (Wildman–Crippen LogP) is 2.44. The van der Waals surface area contributed by atoms with Crippen molar-refractivity contribution in [3.05, 3.63) is 18.5 Å². The molecular weight excluding hydrogens is 198 g/mol. The summed E-state index contributed by atoms with van der Waals surface area (Å²) in [5.41, 5.74) is 0. The van der Waals surface area contributed by atoms with Crippen LogP contribution in [0.15, 0.2) is 18.5 Å². The Kier molecular flexibility index (Phi) is 3.99. The molecule has 0 aromatic carbocycles. The quantitative estimate of drug-likeness (QED) is 0.827. The average Bonchev–Trinajstić information content (AvgIpc) is 2.88. The van der Waals surface area contributed by atoms with Crippen LogP contribution in [0.3, 0.4) is 0 Å². The Bertz CT molecular complexity index is 294. The first-order chi connectivity index (χ1) is 7.75. The fourth-order valence-electron chi connectivity index (χ4n) is 2.60. The molecule has 3 atom stereocenters. The van der Waals surface area contributed by atoms with Gasteiger partial charge in [-0.3, -0.25) is 4.68 Å². The van der Waals surface area contributed by atoms with Crippen molar-refractivity contribution in [3.63, 3.8) is 0 Å². The summed E-state index contributed by atoms with van der Waals surface area (Å²) in [4.78, 5) is 0. The van der Waals surface area contributed by atoms with Crippen LogP contribution in [0.4, 0.5) is 0 Å². The molecule has 1 aliphatic rings. The Labute approximate surface area is 98.2 Å². The average molecular weight is 221 g/mol. The molecule has 2 rings (SSSR count). The van der Waals surface area contributed by atoms with Gasteiger partial charge in [0.1, 0.15) is 0 Å². The zero-order valence-corrected chi connectivity index (χ0v) is 10.4. The molecule has 0 bridgehead atoms. The van der Waals surface area contributed by atoms with Gasteiger partial charge in [-0.25, -0.2) is 0 Å². The van der Waals surface area contributed by atoms with Crippen molar-refractivity contribution in [2.45, 2.75) is 58.2 Å². The number of hydrogen-bond acceptors (Lipinski definition) is 2. The normalized spacial score (nSPS) is 27.1. The molecule has 1 N–H and O–H groups in total. The van der Waals surface area contributed by atoms with Crippen molar-refractivity contribution in [1.29, 1.82) is 0 Å². The van der Waals surface area contributed by atoms with Crippen LogP contribution in [0, 0.1) is 5.92 Å². The summed E-state index contributed by atoms with van der Waals surface area (Å²) in [6.45, 7) is 5.67. The van der Waals surface area contributed by atoms with E-state index in [0.717, 1.165) is 24.9 Å². The van der Waals surface area contributed by atoms with Gasteiger partial charge < -0.3 is 5.32 Å². The van der Waals surface area contributed by atoms with Crippen LogP contribution in [-0.4, -0.2) is 21.9 Å². The summed E-state index contributed by atoms with van der Waals surface area (Å²) in [5, 5.41) is 7.97. The number of nitrogens with zero attached hydrogens (tertiary/aromatic N) is 2. The minimum Gasteiger partial charge on any atom is -0.311 e. The molecule has 0 spiro atoms. The van der Waals surface area contributed by atoms with Gasteiger partial charge in [0.25, 0.3) is 0 Å². The summed E-state index contributed by atoms with van der Waals surface area (Å²) >= 11 is 0. The van der Waals surface area contributed by atoms with E-state index in [2.05, 4.69) is 24.3 Å². The largest absolute Gasteiger partial charge is 0.311 e. The molecule has 90 valence electrons. The van der Waals surface area contributed by atoms with E-state index in [0.29, 0.717) is 6.04 Å². The van der Waals surface area contributed by atoms with Gasteiger partial charge in [-0.05, 0) is 38.2 Å². The van der Waals surface area contributed by atoms with E-state index in [4.69, 9.17) is 0 Å². The van der Waals surface area contributed by atoms with Crippen LogP contribution >= 0.6 is 0 Å². The molecule has 3 nitrogen and oxygen atoms in total. The minimum absolute atomic E-state index is 0.592. The lowest BCUT2D eigenvalue weighted by Crippen LogP contribution is -2.38. The molecule has 1 fully saturated rings. The van der Waals surface area contributed by atoms with E-state index < -0.39 is 0 Å². The maximum absolute atomic E-state index is 4.22. The second-order valence-corrected chi connectivity index (χ2v) is 5.14. The summed E-state index contributed by atoms with van der Waals surface area (Å²) in [6, 6.07) is 3.32. The van der Waals surface area contributed by atoms with Crippen molar-refractivity contribution in [2.75, 3.05) is 0 Å². The highest BCUT2D eigenvalue weighted by molar-refractivity contribution is 4.83. The smallest absolute Gasteiger partial charge is 0.0489 e. The molecule has 16 heavy (non-hydrogen) atoms. The second kappa shape index (κ2) is 5.48. The maximum Gasteiger partial charge on any atom is 0.0489 e.